The fraction of sp³-hybridized carbons (Fsp3) is 0.857. The van der Waals surface area contributed by atoms with Crippen molar-refractivity contribution in [3.05, 3.63) is 0 Å². The van der Waals surface area contributed by atoms with Crippen molar-refractivity contribution in [1.82, 2.24) is 16.0 Å². The maximum atomic E-state index is 11.7. The van der Waals surface area contributed by atoms with Crippen molar-refractivity contribution >= 4 is 33.4 Å². The predicted molar refractivity (Wildman–Crippen MR) is 96.4 cm³/mol. The molecule has 0 bridgehead atoms. The van der Waals surface area contributed by atoms with Gasteiger partial charge in [-0.25, -0.2) is 0 Å². The number of carbonyl (C=O) groups is 2. The van der Waals surface area contributed by atoms with Gasteiger partial charge in [-0.05, 0) is 7.05 Å². The molecule has 1 atom stereocenters. The van der Waals surface area contributed by atoms with Gasteiger partial charge in [0, 0.05) is 43.0 Å². The first kappa shape index (κ1) is 22.5. The summed E-state index contributed by atoms with van der Waals surface area (Å²) in [5.41, 5.74) is -0.908. The van der Waals surface area contributed by atoms with E-state index in [0.717, 1.165) is 18.1 Å². The lowest BCUT2D eigenvalue weighted by molar-refractivity contribution is -0.137. The van der Waals surface area contributed by atoms with E-state index in [0.29, 0.717) is 6.54 Å². The summed E-state index contributed by atoms with van der Waals surface area (Å²) in [5.74, 6) is 1.14. The van der Waals surface area contributed by atoms with Crippen LogP contribution in [0.1, 0.15) is 20.3 Å². The van der Waals surface area contributed by atoms with Crippen molar-refractivity contribution in [2.45, 2.75) is 26.4 Å². The van der Waals surface area contributed by atoms with Gasteiger partial charge < -0.3 is 26.2 Å². The summed E-state index contributed by atoms with van der Waals surface area (Å²) in [7, 11) is 5.38. The van der Waals surface area contributed by atoms with Crippen LogP contribution in [0.25, 0.3) is 0 Å². The number of aliphatic hydroxyl groups excluding tert-OH is 2. The van der Waals surface area contributed by atoms with E-state index in [1.165, 1.54) is 0 Å². The second kappa shape index (κ2) is 12.9. The van der Waals surface area contributed by atoms with Gasteiger partial charge in [0.15, 0.2) is 0 Å². The highest BCUT2D eigenvalue weighted by atomic mass is 33.1. The lowest BCUT2D eigenvalue weighted by Crippen LogP contribution is -2.46. The summed E-state index contributed by atoms with van der Waals surface area (Å²) in [6.45, 7) is 4.60. The largest absolute Gasteiger partial charge is 0.396 e. The van der Waals surface area contributed by atoms with Gasteiger partial charge in [-0.15, -0.1) is 0 Å². The van der Waals surface area contributed by atoms with E-state index in [-0.39, 0.29) is 25.5 Å². The molecule has 0 aliphatic rings. The van der Waals surface area contributed by atoms with E-state index < -0.39 is 17.4 Å². The molecule has 0 rings (SSSR count). The van der Waals surface area contributed by atoms with Crippen LogP contribution >= 0.6 is 21.6 Å². The third-order valence-corrected chi connectivity index (χ3v) is 5.48. The SMILES string of the molecule is CNCCSSCCNC(=O)CCNC(=O)[C@H](O)C(C)(C)CO. The highest BCUT2D eigenvalue weighted by Crippen LogP contribution is 2.19. The van der Waals surface area contributed by atoms with E-state index in [1.807, 2.05) is 7.05 Å². The molecule has 0 aliphatic heterocycles. The Morgan fingerprint density at radius 2 is 1.70 bits per heavy atom. The maximum Gasteiger partial charge on any atom is 0.249 e. The van der Waals surface area contributed by atoms with Crippen LogP contribution in [0.3, 0.4) is 0 Å². The molecule has 7 nitrogen and oxygen atoms in total. The molecule has 2 amide bonds. The second-order valence-electron chi connectivity index (χ2n) is 5.69. The lowest BCUT2D eigenvalue weighted by atomic mass is 9.87. The minimum absolute atomic E-state index is 0.137. The van der Waals surface area contributed by atoms with Crippen LogP contribution in [0.15, 0.2) is 0 Å². The molecule has 0 unspecified atom stereocenters. The minimum Gasteiger partial charge on any atom is -0.396 e. The zero-order chi connectivity index (χ0) is 17.7. The summed E-state index contributed by atoms with van der Waals surface area (Å²) in [4.78, 5) is 23.3. The van der Waals surface area contributed by atoms with Crippen LogP contribution in [0.2, 0.25) is 0 Å². The van der Waals surface area contributed by atoms with Gasteiger partial charge in [0.2, 0.25) is 11.8 Å². The van der Waals surface area contributed by atoms with Gasteiger partial charge >= 0.3 is 0 Å². The van der Waals surface area contributed by atoms with Crippen LogP contribution in [-0.4, -0.2) is 72.9 Å². The first-order valence-corrected chi connectivity index (χ1v) is 10.1. The van der Waals surface area contributed by atoms with E-state index >= 15 is 0 Å². The Morgan fingerprint density at radius 3 is 2.26 bits per heavy atom. The zero-order valence-corrected chi connectivity index (χ0v) is 15.7. The minimum atomic E-state index is -1.30. The van der Waals surface area contributed by atoms with Gasteiger partial charge in [0.1, 0.15) is 6.10 Å². The van der Waals surface area contributed by atoms with Crippen molar-refractivity contribution in [3.8, 4) is 0 Å². The van der Waals surface area contributed by atoms with E-state index in [1.54, 1.807) is 35.4 Å². The number of carbonyl (C=O) groups excluding carboxylic acids is 2. The number of hydrogen-bond donors (Lipinski definition) is 5. The average molecular weight is 368 g/mol. The quantitative estimate of drug-likeness (QED) is 0.222. The van der Waals surface area contributed by atoms with Gasteiger partial charge in [0.05, 0.1) is 6.61 Å². The van der Waals surface area contributed by atoms with E-state index in [4.69, 9.17) is 5.11 Å². The van der Waals surface area contributed by atoms with Crippen molar-refractivity contribution in [2.24, 2.45) is 5.41 Å². The Labute approximate surface area is 146 Å². The standard InChI is InChI=1S/C14H29N3O4S2/c1-14(2,10-18)12(20)13(21)17-5-4-11(19)16-7-9-23-22-8-6-15-3/h12,15,18,20H,4-10H2,1-3H3,(H,16,19)(H,17,21)/t12-/m0/s1. The molecule has 0 fully saturated rings. The van der Waals surface area contributed by atoms with Gasteiger partial charge in [0.25, 0.3) is 0 Å². The Hall–Kier alpha value is -0.480. The topological polar surface area (TPSA) is 111 Å². The van der Waals surface area contributed by atoms with Crippen molar-refractivity contribution in [2.75, 3.05) is 44.8 Å². The van der Waals surface area contributed by atoms with Crippen molar-refractivity contribution < 1.29 is 19.8 Å². The Kier molecular flexibility index (Phi) is 12.6. The summed E-state index contributed by atoms with van der Waals surface area (Å²) in [6.07, 6.45) is -1.14. The number of hydrogen-bond acceptors (Lipinski definition) is 7. The first-order valence-electron chi connectivity index (χ1n) is 7.57. The van der Waals surface area contributed by atoms with Crippen molar-refractivity contribution in [3.63, 3.8) is 0 Å². The second-order valence-corrected chi connectivity index (χ2v) is 8.39. The molecule has 0 aromatic rings. The molecule has 23 heavy (non-hydrogen) atoms. The fourth-order valence-electron chi connectivity index (χ4n) is 1.42. The first-order chi connectivity index (χ1) is 10.8. The summed E-state index contributed by atoms with van der Waals surface area (Å²) >= 11 is 0. The molecule has 9 heteroatoms. The summed E-state index contributed by atoms with van der Waals surface area (Å²) < 4.78 is 0. The Balaban J connectivity index is 3.69. The third-order valence-electron chi connectivity index (χ3n) is 3.07. The average Bonchev–Trinajstić information content (AvgIpc) is 2.53. The molecule has 0 radical (unpaired) electrons. The van der Waals surface area contributed by atoms with Gasteiger partial charge in [-0.3, -0.25) is 9.59 Å². The van der Waals surface area contributed by atoms with Crippen LogP contribution in [-0.2, 0) is 9.59 Å². The van der Waals surface area contributed by atoms with Crippen LogP contribution < -0.4 is 16.0 Å². The monoisotopic (exact) mass is 367 g/mol. The molecule has 136 valence electrons. The molecule has 0 spiro atoms. The van der Waals surface area contributed by atoms with Crippen LogP contribution in [0, 0.1) is 5.41 Å². The number of nitrogens with one attached hydrogen (secondary N) is 3. The molecule has 0 aromatic heterocycles. The Morgan fingerprint density at radius 1 is 1.09 bits per heavy atom. The highest BCUT2D eigenvalue weighted by Gasteiger charge is 2.32. The molecule has 0 saturated heterocycles. The highest BCUT2D eigenvalue weighted by molar-refractivity contribution is 8.76. The van der Waals surface area contributed by atoms with Gasteiger partial charge in [-0.1, -0.05) is 35.4 Å². The third kappa shape index (κ3) is 10.8. The molecular weight excluding hydrogens is 338 g/mol. The van der Waals surface area contributed by atoms with E-state index in [9.17, 15) is 14.7 Å². The summed E-state index contributed by atoms with van der Waals surface area (Å²) in [6, 6.07) is 0. The molecule has 0 aromatic carbocycles. The van der Waals surface area contributed by atoms with Crippen LogP contribution in [0.5, 0.6) is 0 Å². The molecular formula is C14H29N3O4S2. The Bertz CT molecular complexity index is 357. The van der Waals surface area contributed by atoms with Crippen LogP contribution in [0.4, 0.5) is 0 Å². The smallest absolute Gasteiger partial charge is 0.249 e. The predicted octanol–water partition coefficient (Wildman–Crippen LogP) is -0.411. The molecule has 0 saturated carbocycles. The number of amides is 2. The molecule has 0 heterocycles. The number of aliphatic hydroxyl groups is 2. The van der Waals surface area contributed by atoms with Gasteiger partial charge in [-0.2, -0.15) is 0 Å². The maximum absolute atomic E-state index is 11.7. The fourth-order valence-corrected chi connectivity index (χ4v) is 3.34. The number of rotatable bonds is 13. The zero-order valence-electron chi connectivity index (χ0n) is 14.1. The molecule has 5 N–H and O–H groups in total. The normalized spacial score (nSPS) is 12.7. The summed E-state index contributed by atoms with van der Waals surface area (Å²) in [5, 5.41) is 27.2. The van der Waals surface area contributed by atoms with Crippen molar-refractivity contribution in [1.29, 1.82) is 0 Å². The van der Waals surface area contributed by atoms with E-state index in [2.05, 4.69) is 16.0 Å². The molecule has 0 aliphatic carbocycles. The lowest BCUT2D eigenvalue weighted by Gasteiger charge is -2.27.